The standard InChI is InChI=1S/C25H28F2N6O5/c1-24(2)37-13-16(38-24)12-36-15-5-7-28-20(9-15)31-23(35)33-14-6-8-32(11-14)18-4-3-17(29-21(18)33)22(34)30-19-10-25(19,26)27/h3-5,7,9,14,16,19H,6,8,10-13H2,1-2H3,(H,30,34)(H,28,31,35)/t14?,16-,19?/m0/s1. The maximum Gasteiger partial charge on any atom is 0.329 e. The van der Waals surface area contributed by atoms with Crippen molar-refractivity contribution in [1.82, 2.24) is 15.3 Å². The van der Waals surface area contributed by atoms with E-state index in [4.69, 9.17) is 14.2 Å². The number of carbonyl (C=O) groups excluding carboxylic acids is 2. The highest BCUT2D eigenvalue weighted by atomic mass is 19.3. The second-order valence-corrected chi connectivity index (χ2v) is 10.4. The van der Waals surface area contributed by atoms with Gasteiger partial charge in [0.1, 0.15) is 30.0 Å². The largest absolute Gasteiger partial charge is 0.491 e. The van der Waals surface area contributed by atoms with Gasteiger partial charge in [-0.25, -0.2) is 23.5 Å². The number of pyridine rings is 2. The van der Waals surface area contributed by atoms with Crippen molar-refractivity contribution in [3.8, 4) is 5.75 Å². The summed E-state index contributed by atoms with van der Waals surface area (Å²) in [6.45, 7) is 5.73. The Morgan fingerprint density at radius 1 is 1.26 bits per heavy atom. The lowest BCUT2D eigenvalue weighted by molar-refractivity contribution is -0.141. The smallest absolute Gasteiger partial charge is 0.329 e. The van der Waals surface area contributed by atoms with E-state index < -0.39 is 29.7 Å². The predicted octanol–water partition coefficient (Wildman–Crippen LogP) is 2.78. The first-order valence-electron chi connectivity index (χ1n) is 12.5. The third kappa shape index (κ3) is 4.83. The van der Waals surface area contributed by atoms with Crippen LogP contribution in [0.25, 0.3) is 0 Å². The fourth-order valence-corrected chi connectivity index (χ4v) is 4.97. The molecule has 4 aliphatic rings. The van der Waals surface area contributed by atoms with Crippen LogP contribution in [-0.4, -0.2) is 78.1 Å². The van der Waals surface area contributed by atoms with Gasteiger partial charge in [-0.05, 0) is 38.5 Å². The average molecular weight is 531 g/mol. The Labute approximate surface area is 217 Å². The number of hydrogen-bond donors (Lipinski definition) is 2. The van der Waals surface area contributed by atoms with Crippen LogP contribution in [0.1, 0.15) is 37.2 Å². The fraction of sp³-hybridized carbons (Fsp3) is 0.520. The number of halogens is 2. The number of hydrogen-bond acceptors (Lipinski definition) is 8. The molecule has 0 radical (unpaired) electrons. The van der Waals surface area contributed by atoms with Gasteiger partial charge in [0.15, 0.2) is 11.6 Å². The lowest BCUT2D eigenvalue weighted by Gasteiger charge is -2.35. The highest BCUT2D eigenvalue weighted by molar-refractivity contribution is 6.05. The summed E-state index contributed by atoms with van der Waals surface area (Å²) in [5.41, 5.74) is 0.676. The van der Waals surface area contributed by atoms with Crippen LogP contribution in [0.15, 0.2) is 30.5 Å². The molecule has 3 atom stereocenters. The molecule has 2 N–H and O–H groups in total. The fourth-order valence-electron chi connectivity index (χ4n) is 4.97. The molecule has 11 nitrogen and oxygen atoms in total. The SMILES string of the molecule is CC1(C)OC[C@H](COc2ccnc(NC(=O)N3c4nc(C(=O)NC5CC5(F)F)ccc4N4CCC3C4)c2)O1. The van der Waals surface area contributed by atoms with Crippen molar-refractivity contribution in [2.24, 2.45) is 0 Å². The van der Waals surface area contributed by atoms with Crippen LogP contribution in [0.5, 0.6) is 5.75 Å². The molecule has 5 heterocycles. The van der Waals surface area contributed by atoms with E-state index in [9.17, 15) is 18.4 Å². The number of anilines is 3. The number of alkyl halides is 2. The van der Waals surface area contributed by atoms with Gasteiger partial charge in [-0.1, -0.05) is 0 Å². The molecule has 0 aromatic carbocycles. The molecule has 202 valence electrons. The monoisotopic (exact) mass is 530 g/mol. The van der Waals surface area contributed by atoms with Gasteiger partial charge in [-0.3, -0.25) is 15.0 Å². The Morgan fingerprint density at radius 3 is 2.82 bits per heavy atom. The molecule has 3 amide bonds. The van der Waals surface area contributed by atoms with Crippen molar-refractivity contribution in [2.45, 2.75) is 56.6 Å². The third-order valence-electron chi connectivity index (χ3n) is 7.00. The molecule has 2 unspecified atom stereocenters. The number of urea groups is 1. The zero-order chi connectivity index (χ0) is 26.7. The number of amides is 3. The second-order valence-electron chi connectivity index (χ2n) is 10.4. The summed E-state index contributed by atoms with van der Waals surface area (Å²) >= 11 is 0. The molecule has 0 spiro atoms. The molecule has 13 heteroatoms. The molecule has 38 heavy (non-hydrogen) atoms. The summed E-state index contributed by atoms with van der Waals surface area (Å²) in [7, 11) is 0. The lowest BCUT2D eigenvalue weighted by Crippen LogP contribution is -2.48. The van der Waals surface area contributed by atoms with E-state index in [-0.39, 0.29) is 36.7 Å². The van der Waals surface area contributed by atoms with Gasteiger partial charge in [0.2, 0.25) is 0 Å². The number of aromatic nitrogens is 2. The Kier molecular flexibility index (Phi) is 5.87. The summed E-state index contributed by atoms with van der Waals surface area (Å²) in [4.78, 5) is 38.3. The summed E-state index contributed by atoms with van der Waals surface area (Å²) in [5.74, 6) is -3.15. The minimum atomic E-state index is -2.89. The number of rotatable bonds is 6. The maximum absolute atomic E-state index is 13.5. The van der Waals surface area contributed by atoms with Gasteiger partial charge in [-0.15, -0.1) is 0 Å². The predicted molar refractivity (Wildman–Crippen MR) is 132 cm³/mol. The highest BCUT2D eigenvalue weighted by Crippen LogP contribution is 2.42. The summed E-state index contributed by atoms with van der Waals surface area (Å²) in [5, 5.41) is 5.11. The van der Waals surface area contributed by atoms with Gasteiger partial charge in [0.25, 0.3) is 11.8 Å². The first-order chi connectivity index (χ1) is 18.1. The van der Waals surface area contributed by atoms with E-state index in [0.717, 1.165) is 13.0 Å². The number of nitrogens with one attached hydrogen (secondary N) is 2. The first-order valence-corrected chi connectivity index (χ1v) is 12.5. The van der Waals surface area contributed by atoms with Crippen LogP contribution in [0.3, 0.4) is 0 Å². The number of carbonyl (C=O) groups is 2. The third-order valence-corrected chi connectivity index (χ3v) is 7.00. The molecule has 1 saturated carbocycles. The van der Waals surface area contributed by atoms with E-state index in [2.05, 4.69) is 25.5 Å². The zero-order valence-electron chi connectivity index (χ0n) is 20.9. The Bertz CT molecular complexity index is 1280. The molecule has 3 fully saturated rings. The van der Waals surface area contributed by atoms with Crippen molar-refractivity contribution >= 4 is 29.3 Å². The van der Waals surface area contributed by atoms with E-state index in [0.29, 0.717) is 30.4 Å². The van der Waals surface area contributed by atoms with Crippen molar-refractivity contribution in [3.63, 3.8) is 0 Å². The molecule has 1 aliphatic carbocycles. The van der Waals surface area contributed by atoms with Gasteiger partial charge >= 0.3 is 6.03 Å². The van der Waals surface area contributed by atoms with Gasteiger partial charge in [0.05, 0.1) is 24.4 Å². The van der Waals surface area contributed by atoms with Crippen LogP contribution in [-0.2, 0) is 9.47 Å². The minimum Gasteiger partial charge on any atom is -0.491 e. The summed E-state index contributed by atoms with van der Waals surface area (Å²) in [6, 6.07) is 4.67. The number of ether oxygens (including phenoxy) is 3. The number of fused-ring (bicyclic) bond motifs is 4. The molecule has 2 aromatic rings. The van der Waals surface area contributed by atoms with Gasteiger partial charge in [-0.2, -0.15) is 0 Å². The van der Waals surface area contributed by atoms with Crippen molar-refractivity contribution in [3.05, 3.63) is 36.2 Å². The molecule has 3 aliphatic heterocycles. The average Bonchev–Trinajstić information content (AvgIpc) is 3.16. The van der Waals surface area contributed by atoms with Crippen LogP contribution in [0.4, 0.5) is 30.9 Å². The lowest BCUT2D eigenvalue weighted by atomic mass is 10.1. The van der Waals surface area contributed by atoms with Crippen LogP contribution < -0.4 is 25.2 Å². The topological polar surface area (TPSA) is 118 Å². The molecule has 2 saturated heterocycles. The normalized spacial score (nSPS) is 26.1. The van der Waals surface area contributed by atoms with Crippen LogP contribution >= 0.6 is 0 Å². The van der Waals surface area contributed by atoms with E-state index in [1.807, 2.05) is 13.8 Å². The minimum absolute atomic E-state index is 0.0263. The van der Waals surface area contributed by atoms with Crippen molar-refractivity contribution in [2.75, 3.05) is 41.4 Å². The maximum atomic E-state index is 13.5. The summed E-state index contributed by atoms with van der Waals surface area (Å²) in [6.07, 6.45) is 1.64. The Balaban J connectivity index is 1.16. The van der Waals surface area contributed by atoms with Gasteiger partial charge < -0.3 is 24.4 Å². The first kappa shape index (κ1) is 24.7. The van der Waals surface area contributed by atoms with Crippen LogP contribution in [0, 0.1) is 0 Å². The molecule has 2 aromatic heterocycles. The second kappa shape index (κ2) is 9.02. The molecular weight excluding hydrogens is 502 g/mol. The zero-order valence-corrected chi connectivity index (χ0v) is 20.9. The molecule has 6 rings (SSSR count). The Hall–Kier alpha value is -3.58. The van der Waals surface area contributed by atoms with E-state index >= 15 is 0 Å². The van der Waals surface area contributed by atoms with Crippen molar-refractivity contribution < 1.29 is 32.6 Å². The number of nitrogens with zero attached hydrogens (tertiary/aromatic N) is 4. The van der Waals surface area contributed by atoms with Crippen LogP contribution in [0.2, 0.25) is 0 Å². The quantitative estimate of drug-likeness (QED) is 0.586. The van der Waals surface area contributed by atoms with E-state index in [1.54, 1.807) is 18.2 Å². The van der Waals surface area contributed by atoms with E-state index in [1.165, 1.54) is 17.2 Å². The van der Waals surface area contributed by atoms with Gasteiger partial charge in [0, 0.05) is 31.8 Å². The molecule has 2 bridgehead atoms. The van der Waals surface area contributed by atoms with Crippen molar-refractivity contribution in [1.29, 1.82) is 0 Å². The molecular formula is C25H28F2N6O5. The summed E-state index contributed by atoms with van der Waals surface area (Å²) < 4.78 is 43.7. The highest BCUT2D eigenvalue weighted by Gasteiger charge is 2.58. The Morgan fingerprint density at radius 2 is 2.08 bits per heavy atom.